The van der Waals surface area contributed by atoms with Gasteiger partial charge in [0.1, 0.15) is 0 Å². The number of hydrogen-bond acceptors (Lipinski definition) is 3. The lowest BCUT2D eigenvalue weighted by atomic mass is 10.1. The fourth-order valence-electron chi connectivity index (χ4n) is 2.34. The Labute approximate surface area is 128 Å². The summed E-state index contributed by atoms with van der Waals surface area (Å²) in [6.45, 7) is 0. The van der Waals surface area contributed by atoms with Crippen LogP contribution in [0.5, 0.6) is 0 Å². The molecule has 0 radical (unpaired) electrons. The zero-order chi connectivity index (χ0) is 16.9. The van der Waals surface area contributed by atoms with E-state index in [0.29, 0.717) is 20.9 Å². The molecule has 0 fully saturated rings. The molecule has 118 valence electrons. The third-order valence-electron chi connectivity index (χ3n) is 3.26. The number of rotatable bonds is 2. The molecule has 3 nitrogen and oxygen atoms in total. The molecule has 0 unspecified atom stereocenters. The maximum absolute atomic E-state index is 12.8. The Kier molecular flexibility index (Phi) is 3.04. The highest BCUT2D eigenvalue weighted by atomic mass is 32.3. The summed E-state index contributed by atoms with van der Waals surface area (Å²) in [5.41, 5.74) is -4.33. The maximum Gasteiger partial charge on any atom is 0.523 e. The second kappa shape index (κ2) is 4.74. The van der Waals surface area contributed by atoms with Gasteiger partial charge in [-0.2, -0.15) is 21.6 Å². The third-order valence-corrected chi connectivity index (χ3v) is 7.61. The summed E-state index contributed by atoms with van der Waals surface area (Å²) < 4.78 is 74.0. The summed E-state index contributed by atoms with van der Waals surface area (Å²) in [7, 11) is -8.92. The van der Waals surface area contributed by atoms with Crippen LogP contribution in [0.4, 0.5) is 13.2 Å². The van der Waals surface area contributed by atoms with E-state index in [0.717, 1.165) is 0 Å². The van der Waals surface area contributed by atoms with Gasteiger partial charge in [-0.1, -0.05) is 46.7 Å². The normalized spacial score (nSPS) is 18.2. The molecule has 3 rings (SSSR count). The van der Waals surface area contributed by atoms with Crippen LogP contribution < -0.4 is 0 Å². The second-order valence-corrected chi connectivity index (χ2v) is 8.78. The van der Waals surface area contributed by atoms with Crippen molar-refractivity contribution in [2.75, 3.05) is 6.23 Å². The van der Waals surface area contributed by atoms with Crippen LogP contribution in [0.2, 0.25) is 0 Å². The Bertz CT molecular complexity index is 820. The van der Waals surface area contributed by atoms with Gasteiger partial charge in [0.05, 0.1) is 0 Å². The van der Waals surface area contributed by atoms with Crippen molar-refractivity contribution >= 4 is 20.4 Å². The van der Waals surface area contributed by atoms with Crippen LogP contribution in [0.25, 0.3) is 11.1 Å². The first-order chi connectivity index (χ1) is 10.7. The van der Waals surface area contributed by atoms with E-state index in [9.17, 15) is 21.6 Å². The largest absolute Gasteiger partial charge is 0.523 e. The fraction of sp³-hybridized carbons (Fsp3) is 0.143. The topological polar surface area (TPSA) is 43.4 Å². The molecule has 8 heteroatoms. The third kappa shape index (κ3) is 2.13. The Balaban J connectivity index is 2.27. The first kappa shape index (κ1) is 14.1. The molecule has 0 atom stereocenters. The quantitative estimate of drug-likeness (QED) is 0.759. The minimum Gasteiger partial charge on any atom is -0.204 e. The van der Waals surface area contributed by atoms with Crippen molar-refractivity contribution in [3.63, 3.8) is 0 Å². The van der Waals surface area contributed by atoms with Crippen molar-refractivity contribution < 1.29 is 26.6 Å². The smallest absolute Gasteiger partial charge is 0.204 e. The van der Waals surface area contributed by atoms with Gasteiger partial charge in [0.25, 0.3) is 0 Å². The van der Waals surface area contributed by atoms with E-state index in [1.165, 1.54) is 12.1 Å². The SMILES string of the molecule is [2H]CS1(OS(=O)(=O)C(F)(F)F)c2ccccc2-c2ccccc21. The van der Waals surface area contributed by atoms with Crippen molar-refractivity contribution in [2.45, 2.75) is 15.3 Å². The molecule has 1 aliphatic rings. The van der Waals surface area contributed by atoms with Crippen LogP contribution in [-0.4, -0.2) is 20.2 Å². The molecule has 0 aliphatic carbocycles. The van der Waals surface area contributed by atoms with Crippen LogP contribution in [0.15, 0.2) is 58.3 Å². The molecule has 0 aromatic heterocycles. The molecular formula is C14H11F3O3S2. The second-order valence-electron chi connectivity index (χ2n) is 4.64. The molecule has 1 aliphatic heterocycles. The van der Waals surface area contributed by atoms with E-state index in [4.69, 9.17) is 5.00 Å². The summed E-state index contributed by atoms with van der Waals surface area (Å²) in [6, 6.07) is 13.0. The Morgan fingerprint density at radius 1 is 1.00 bits per heavy atom. The summed E-state index contributed by atoms with van der Waals surface area (Å²) >= 11 is 0. The van der Waals surface area contributed by atoms with Gasteiger partial charge in [0.15, 0.2) is 0 Å². The van der Waals surface area contributed by atoms with Gasteiger partial charge in [0, 0.05) is 11.2 Å². The number of alkyl halides is 3. The van der Waals surface area contributed by atoms with E-state index < -0.39 is 32.2 Å². The molecule has 2 aromatic rings. The van der Waals surface area contributed by atoms with Crippen LogP contribution in [-0.2, 0) is 13.7 Å². The lowest BCUT2D eigenvalue weighted by Crippen LogP contribution is -2.26. The van der Waals surface area contributed by atoms with Crippen LogP contribution >= 0.6 is 10.3 Å². The average Bonchev–Trinajstić information content (AvgIpc) is 2.78. The number of benzene rings is 2. The molecular weight excluding hydrogens is 337 g/mol. The fourth-order valence-corrected chi connectivity index (χ4v) is 6.36. The van der Waals surface area contributed by atoms with Gasteiger partial charge in [-0.15, -0.1) is 0 Å². The molecule has 2 aromatic carbocycles. The van der Waals surface area contributed by atoms with Crippen molar-refractivity contribution in [1.82, 2.24) is 0 Å². The van der Waals surface area contributed by atoms with Gasteiger partial charge >= 0.3 is 15.6 Å². The number of halogens is 3. The van der Waals surface area contributed by atoms with Crippen LogP contribution in [0.1, 0.15) is 1.37 Å². The highest BCUT2D eigenvalue weighted by Crippen LogP contribution is 2.71. The van der Waals surface area contributed by atoms with E-state index >= 15 is 0 Å². The van der Waals surface area contributed by atoms with Crippen molar-refractivity contribution in [1.29, 1.82) is 0 Å². The highest BCUT2D eigenvalue weighted by molar-refractivity contribution is 8.33. The summed E-state index contributed by atoms with van der Waals surface area (Å²) in [6.07, 6.45) is -0.615. The van der Waals surface area contributed by atoms with Crippen LogP contribution in [0, 0.1) is 0 Å². The average molecular weight is 349 g/mol. The van der Waals surface area contributed by atoms with Gasteiger partial charge in [-0.3, -0.25) is 0 Å². The minimum atomic E-state index is -5.82. The van der Waals surface area contributed by atoms with Crippen molar-refractivity contribution in [3.05, 3.63) is 48.5 Å². The van der Waals surface area contributed by atoms with E-state index in [1.54, 1.807) is 36.4 Å². The first-order valence-corrected chi connectivity index (χ1v) is 9.17. The van der Waals surface area contributed by atoms with Gasteiger partial charge < -0.3 is 0 Å². The molecule has 0 bridgehead atoms. The van der Waals surface area contributed by atoms with E-state index in [1.807, 2.05) is 0 Å². The highest BCUT2D eigenvalue weighted by Gasteiger charge is 2.52. The van der Waals surface area contributed by atoms with E-state index in [2.05, 4.69) is 0 Å². The predicted octanol–water partition coefficient (Wildman–Crippen LogP) is 4.30. The van der Waals surface area contributed by atoms with Crippen molar-refractivity contribution in [2.24, 2.45) is 0 Å². The zero-order valence-corrected chi connectivity index (χ0v) is 12.6. The predicted molar refractivity (Wildman–Crippen MR) is 78.0 cm³/mol. The standard InChI is InChI=1S/C14H11F3O3S2/c1-21(20-22(18,19)14(15,16)17)12-8-4-2-6-10(12)11-7-3-5-9-13(11)21/h2-9H,1H3/i1D. The maximum atomic E-state index is 12.8. The number of hydrogen-bond donors (Lipinski definition) is 0. The monoisotopic (exact) mass is 349 g/mol. The molecule has 0 amide bonds. The molecule has 0 saturated carbocycles. The first-order valence-electron chi connectivity index (χ1n) is 6.75. The lowest BCUT2D eigenvalue weighted by molar-refractivity contribution is -0.0496. The molecule has 0 saturated heterocycles. The molecule has 0 N–H and O–H groups in total. The van der Waals surface area contributed by atoms with Crippen LogP contribution in [0.3, 0.4) is 0 Å². The van der Waals surface area contributed by atoms with E-state index in [-0.39, 0.29) is 0 Å². The van der Waals surface area contributed by atoms with Crippen molar-refractivity contribution in [3.8, 4) is 11.1 Å². The Morgan fingerprint density at radius 2 is 1.45 bits per heavy atom. The molecule has 0 spiro atoms. The zero-order valence-electron chi connectivity index (χ0n) is 12.0. The summed E-state index contributed by atoms with van der Waals surface area (Å²) in [4.78, 5) is 0.646. The van der Waals surface area contributed by atoms with Gasteiger partial charge in [-0.25, -0.2) is 3.63 Å². The summed E-state index contributed by atoms with van der Waals surface area (Å²) in [5.74, 6) is 0. The Morgan fingerprint density at radius 3 is 1.86 bits per heavy atom. The van der Waals surface area contributed by atoms with Gasteiger partial charge in [0.2, 0.25) is 0 Å². The Hall–Kier alpha value is -1.51. The molecule has 22 heavy (non-hydrogen) atoms. The summed E-state index contributed by atoms with van der Waals surface area (Å²) in [5, 5.41) is 0. The minimum absolute atomic E-state index is 0.323. The molecule has 1 heterocycles. The lowest BCUT2D eigenvalue weighted by Gasteiger charge is -2.32. The number of fused-ring (bicyclic) bond motifs is 3. The van der Waals surface area contributed by atoms with Gasteiger partial charge in [-0.05, 0) is 29.5 Å².